The Kier molecular flexibility index (Phi) is 6.12. The van der Waals surface area contributed by atoms with E-state index in [0.717, 1.165) is 9.87 Å². The second-order valence-electron chi connectivity index (χ2n) is 7.46. The number of carbonyl (C=O) groups excluding carboxylic acids is 1. The van der Waals surface area contributed by atoms with Crippen molar-refractivity contribution in [1.29, 1.82) is 0 Å². The molecule has 0 saturated carbocycles. The third-order valence-electron chi connectivity index (χ3n) is 5.33. The van der Waals surface area contributed by atoms with Crippen LogP contribution in [-0.4, -0.2) is 45.5 Å². The number of halogens is 3. The van der Waals surface area contributed by atoms with E-state index in [4.69, 9.17) is 0 Å². The first-order valence-corrected chi connectivity index (χ1v) is 11.0. The molecular formula is C21H23F3N2O3S. The largest absolute Gasteiger partial charge is 0.393 e. The van der Waals surface area contributed by atoms with Crippen molar-refractivity contribution in [3.05, 3.63) is 59.7 Å². The minimum absolute atomic E-state index is 0.0217. The molecule has 9 heteroatoms. The normalized spacial score (nSPS) is 17.6. The zero-order valence-electron chi connectivity index (χ0n) is 16.7. The molecule has 1 heterocycles. The molecule has 30 heavy (non-hydrogen) atoms. The number of alkyl halides is 3. The average molecular weight is 440 g/mol. The van der Waals surface area contributed by atoms with Gasteiger partial charge in [-0.05, 0) is 56.2 Å². The van der Waals surface area contributed by atoms with Gasteiger partial charge in [-0.2, -0.15) is 13.2 Å². The van der Waals surface area contributed by atoms with Crippen molar-refractivity contribution in [3.8, 4) is 0 Å². The second kappa shape index (κ2) is 8.29. The molecule has 1 aliphatic heterocycles. The molecule has 1 aliphatic rings. The van der Waals surface area contributed by atoms with Crippen molar-refractivity contribution >= 4 is 21.6 Å². The van der Waals surface area contributed by atoms with Crippen molar-refractivity contribution < 1.29 is 26.4 Å². The average Bonchev–Trinajstić information content (AvgIpc) is 2.72. The number of hydrogen-bond acceptors (Lipinski definition) is 3. The molecule has 2 aromatic carbocycles. The third kappa shape index (κ3) is 4.61. The quantitative estimate of drug-likeness (QED) is 0.715. The molecule has 0 N–H and O–H groups in total. The molecule has 2 aromatic rings. The summed E-state index contributed by atoms with van der Waals surface area (Å²) in [4.78, 5) is 14.0. The van der Waals surface area contributed by atoms with E-state index in [1.807, 2.05) is 6.92 Å². The molecule has 1 fully saturated rings. The first kappa shape index (κ1) is 22.1. The van der Waals surface area contributed by atoms with Crippen molar-refractivity contribution in [2.75, 3.05) is 24.4 Å². The van der Waals surface area contributed by atoms with Crippen LogP contribution in [-0.2, 0) is 10.0 Å². The highest BCUT2D eigenvalue weighted by Crippen LogP contribution is 2.33. The number of rotatable bonds is 4. The first-order valence-electron chi connectivity index (χ1n) is 9.52. The number of carbonyl (C=O) groups is 1. The highest BCUT2D eigenvalue weighted by molar-refractivity contribution is 7.92. The van der Waals surface area contributed by atoms with Gasteiger partial charge in [0.2, 0.25) is 0 Å². The zero-order chi connectivity index (χ0) is 22.1. The number of anilines is 1. The predicted octanol–water partition coefficient (Wildman–Crippen LogP) is 4.23. The van der Waals surface area contributed by atoms with Crippen LogP contribution in [0.15, 0.2) is 53.4 Å². The Hall–Kier alpha value is -2.55. The van der Waals surface area contributed by atoms with Crippen LogP contribution < -0.4 is 4.31 Å². The Bertz CT molecular complexity index is 1000. The number of hydrogen-bond donors (Lipinski definition) is 0. The smallest absolute Gasteiger partial charge is 0.338 e. The number of likely N-dealkylation sites (tertiary alicyclic amines) is 1. The van der Waals surface area contributed by atoms with Crippen molar-refractivity contribution in [2.45, 2.75) is 30.8 Å². The fourth-order valence-corrected chi connectivity index (χ4v) is 4.63. The summed E-state index contributed by atoms with van der Waals surface area (Å²) in [5.74, 6) is -2.00. The molecular weight excluding hydrogens is 417 g/mol. The number of benzene rings is 2. The van der Waals surface area contributed by atoms with E-state index in [-0.39, 0.29) is 30.0 Å². The second-order valence-corrected chi connectivity index (χ2v) is 9.43. The molecule has 0 radical (unpaired) electrons. The van der Waals surface area contributed by atoms with E-state index >= 15 is 0 Å². The lowest BCUT2D eigenvalue weighted by molar-refractivity contribution is -0.184. The monoisotopic (exact) mass is 440 g/mol. The first-order chi connectivity index (χ1) is 14.0. The SMILES string of the molecule is Cc1ccc(S(=O)(=O)N(C)c2ccc(C(=O)N3CCC[C@@H](C(F)(F)F)C3)cc2)cc1. The third-order valence-corrected chi connectivity index (χ3v) is 7.13. The lowest BCUT2D eigenvalue weighted by Gasteiger charge is -2.33. The summed E-state index contributed by atoms with van der Waals surface area (Å²) in [5, 5.41) is 0. The van der Waals surface area contributed by atoms with E-state index in [2.05, 4.69) is 0 Å². The predicted molar refractivity (Wildman–Crippen MR) is 108 cm³/mol. The summed E-state index contributed by atoms with van der Waals surface area (Å²) < 4.78 is 65.7. The molecule has 0 aliphatic carbocycles. The van der Waals surface area contributed by atoms with Crippen LogP contribution in [0, 0.1) is 12.8 Å². The lowest BCUT2D eigenvalue weighted by Crippen LogP contribution is -2.44. The van der Waals surface area contributed by atoms with Crippen LogP contribution in [0.2, 0.25) is 0 Å². The lowest BCUT2D eigenvalue weighted by atomic mass is 9.97. The standard InChI is InChI=1S/C21H23F3N2O3S/c1-15-5-11-19(12-6-15)30(28,29)25(2)18-9-7-16(8-10-18)20(27)26-13-3-4-17(14-26)21(22,23)24/h5-12,17H,3-4,13-14H2,1-2H3/t17-/m1/s1. The Labute approximate surface area is 174 Å². The van der Waals surface area contributed by atoms with E-state index in [0.29, 0.717) is 12.1 Å². The maximum absolute atomic E-state index is 13.0. The van der Waals surface area contributed by atoms with Gasteiger partial charge in [0.1, 0.15) is 0 Å². The molecule has 1 amide bonds. The summed E-state index contributed by atoms with van der Waals surface area (Å²) in [6.45, 7) is 1.77. The van der Waals surface area contributed by atoms with Crippen molar-refractivity contribution in [3.63, 3.8) is 0 Å². The molecule has 5 nitrogen and oxygen atoms in total. The molecule has 0 aromatic heterocycles. The Balaban J connectivity index is 1.75. The molecule has 1 saturated heterocycles. The molecule has 0 bridgehead atoms. The van der Waals surface area contributed by atoms with Gasteiger partial charge in [-0.15, -0.1) is 0 Å². The van der Waals surface area contributed by atoms with Crippen LogP contribution in [0.5, 0.6) is 0 Å². The minimum atomic E-state index is -4.32. The fraction of sp³-hybridized carbons (Fsp3) is 0.381. The topological polar surface area (TPSA) is 57.7 Å². The van der Waals surface area contributed by atoms with E-state index in [9.17, 15) is 26.4 Å². The molecule has 3 rings (SSSR count). The van der Waals surface area contributed by atoms with Gasteiger partial charge >= 0.3 is 6.18 Å². The molecule has 1 atom stereocenters. The molecule has 0 spiro atoms. The van der Waals surface area contributed by atoms with Gasteiger partial charge in [0.15, 0.2) is 0 Å². The Morgan fingerprint density at radius 1 is 1.07 bits per heavy atom. The summed E-state index contributed by atoms with van der Waals surface area (Å²) in [5.41, 5.74) is 1.51. The van der Waals surface area contributed by atoms with Crippen molar-refractivity contribution in [2.24, 2.45) is 5.92 Å². The number of amides is 1. The van der Waals surface area contributed by atoms with Gasteiger partial charge in [0.25, 0.3) is 15.9 Å². The van der Waals surface area contributed by atoms with Crippen LogP contribution in [0.1, 0.15) is 28.8 Å². The zero-order valence-corrected chi connectivity index (χ0v) is 17.5. The Morgan fingerprint density at radius 3 is 2.23 bits per heavy atom. The highest BCUT2D eigenvalue weighted by atomic mass is 32.2. The summed E-state index contributed by atoms with van der Waals surface area (Å²) in [6, 6.07) is 12.3. The number of aryl methyl sites for hydroxylation is 1. The number of sulfonamides is 1. The van der Waals surface area contributed by atoms with Crippen LogP contribution in [0.25, 0.3) is 0 Å². The van der Waals surface area contributed by atoms with Gasteiger partial charge in [-0.1, -0.05) is 17.7 Å². The number of nitrogens with zero attached hydrogens (tertiary/aromatic N) is 2. The van der Waals surface area contributed by atoms with Crippen LogP contribution in [0.4, 0.5) is 18.9 Å². The summed E-state index contributed by atoms with van der Waals surface area (Å²) >= 11 is 0. The maximum atomic E-state index is 13.0. The van der Waals surface area contributed by atoms with E-state index < -0.39 is 28.0 Å². The van der Waals surface area contributed by atoms with Gasteiger partial charge in [-0.25, -0.2) is 8.42 Å². The van der Waals surface area contributed by atoms with Crippen LogP contribution in [0.3, 0.4) is 0 Å². The number of piperidine rings is 1. The van der Waals surface area contributed by atoms with Crippen LogP contribution >= 0.6 is 0 Å². The van der Waals surface area contributed by atoms with Crippen molar-refractivity contribution in [1.82, 2.24) is 4.90 Å². The van der Waals surface area contributed by atoms with Gasteiger partial charge in [0, 0.05) is 25.7 Å². The summed E-state index contributed by atoms with van der Waals surface area (Å²) in [7, 11) is -2.37. The molecule has 0 unspecified atom stereocenters. The maximum Gasteiger partial charge on any atom is 0.393 e. The van der Waals surface area contributed by atoms with E-state index in [1.54, 1.807) is 12.1 Å². The highest BCUT2D eigenvalue weighted by Gasteiger charge is 2.42. The molecule has 162 valence electrons. The Morgan fingerprint density at radius 2 is 1.67 bits per heavy atom. The van der Waals surface area contributed by atoms with E-state index in [1.165, 1.54) is 48.3 Å². The van der Waals surface area contributed by atoms with Gasteiger partial charge in [0.05, 0.1) is 16.5 Å². The van der Waals surface area contributed by atoms with Gasteiger partial charge < -0.3 is 4.90 Å². The fourth-order valence-electron chi connectivity index (χ4n) is 3.43. The minimum Gasteiger partial charge on any atom is -0.338 e. The summed E-state index contributed by atoms with van der Waals surface area (Å²) in [6.07, 6.45) is -4.00. The van der Waals surface area contributed by atoms with Gasteiger partial charge in [-0.3, -0.25) is 9.10 Å².